The number of anilines is 1. The molecule has 0 radical (unpaired) electrons. The van der Waals surface area contributed by atoms with Crippen LogP contribution in [-0.2, 0) is 10.0 Å². The highest BCUT2D eigenvalue weighted by molar-refractivity contribution is 7.89. The van der Waals surface area contributed by atoms with E-state index in [0.29, 0.717) is 37.0 Å². The van der Waals surface area contributed by atoms with Gasteiger partial charge in [-0.05, 0) is 36.4 Å². The number of carboxylic acid groups (broad SMARTS) is 1. The second kappa shape index (κ2) is 6.99. The zero-order valence-electron chi connectivity index (χ0n) is 13.2. The maximum absolute atomic E-state index is 12.7. The van der Waals surface area contributed by atoms with E-state index in [0.717, 1.165) is 0 Å². The quantitative estimate of drug-likeness (QED) is 0.870. The first-order chi connectivity index (χ1) is 11.9. The molecule has 1 aliphatic heterocycles. The third-order valence-corrected chi connectivity index (χ3v) is 6.13. The summed E-state index contributed by atoms with van der Waals surface area (Å²) >= 11 is 5.81. The fourth-order valence-corrected chi connectivity index (χ4v) is 4.18. The Morgan fingerprint density at radius 2 is 1.68 bits per heavy atom. The third kappa shape index (κ3) is 3.76. The number of nitrogens with zero attached hydrogens (tertiary/aromatic N) is 3. The van der Waals surface area contributed by atoms with E-state index in [1.54, 1.807) is 24.3 Å². The maximum Gasteiger partial charge on any atom is 0.354 e. The average molecular weight is 382 g/mol. The highest BCUT2D eigenvalue weighted by Gasteiger charge is 2.29. The van der Waals surface area contributed by atoms with Crippen molar-refractivity contribution in [2.75, 3.05) is 31.1 Å². The van der Waals surface area contributed by atoms with E-state index < -0.39 is 16.0 Å². The molecule has 7 nitrogen and oxygen atoms in total. The number of halogens is 1. The summed E-state index contributed by atoms with van der Waals surface area (Å²) in [6.07, 6.45) is 0. The largest absolute Gasteiger partial charge is 0.477 e. The van der Waals surface area contributed by atoms with E-state index in [-0.39, 0.29) is 10.6 Å². The van der Waals surface area contributed by atoms with Crippen LogP contribution in [0.25, 0.3) is 0 Å². The van der Waals surface area contributed by atoms with Crippen LogP contribution < -0.4 is 4.90 Å². The molecule has 0 amide bonds. The van der Waals surface area contributed by atoms with Crippen LogP contribution in [-0.4, -0.2) is 55.0 Å². The summed E-state index contributed by atoms with van der Waals surface area (Å²) in [5, 5.41) is 9.50. The smallest absolute Gasteiger partial charge is 0.354 e. The third-order valence-electron chi connectivity index (χ3n) is 3.97. The Morgan fingerprint density at radius 1 is 1.04 bits per heavy atom. The molecule has 0 unspecified atom stereocenters. The molecule has 9 heteroatoms. The van der Waals surface area contributed by atoms with Gasteiger partial charge < -0.3 is 10.0 Å². The van der Waals surface area contributed by atoms with Gasteiger partial charge >= 0.3 is 5.97 Å². The number of carbonyl (C=O) groups is 1. The monoisotopic (exact) mass is 381 g/mol. The molecule has 0 bridgehead atoms. The molecule has 0 aliphatic carbocycles. The van der Waals surface area contributed by atoms with Gasteiger partial charge in [-0.3, -0.25) is 0 Å². The van der Waals surface area contributed by atoms with Crippen LogP contribution in [0.1, 0.15) is 10.5 Å². The molecule has 1 aromatic carbocycles. The number of aromatic carboxylic acids is 1. The van der Waals surface area contributed by atoms with Gasteiger partial charge in [-0.15, -0.1) is 0 Å². The van der Waals surface area contributed by atoms with Crippen molar-refractivity contribution >= 4 is 33.4 Å². The Kier molecular flexibility index (Phi) is 4.94. The number of piperazine rings is 1. The first kappa shape index (κ1) is 17.7. The number of benzene rings is 1. The molecular formula is C16H16ClN3O4S. The van der Waals surface area contributed by atoms with E-state index in [1.807, 2.05) is 4.90 Å². The van der Waals surface area contributed by atoms with Gasteiger partial charge in [0.05, 0.1) is 4.90 Å². The molecule has 1 saturated heterocycles. The van der Waals surface area contributed by atoms with Crippen LogP contribution in [0.4, 0.5) is 5.82 Å². The Hall–Kier alpha value is -2.16. The minimum atomic E-state index is -3.57. The van der Waals surface area contributed by atoms with E-state index in [2.05, 4.69) is 4.98 Å². The van der Waals surface area contributed by atoms with Crippen molar-refractivity contribution < 1.29 is 18.3 Å². The molecule has 1 N–H and O–H groups in total. The van der Waals surface area contributed by atoms with Crippen molar-refractivity contribution in [1.29, 1.82) is 0 Å². The lowest BCUT2D eigenvalue weighted by molar-refractivity contribution is 0.0690. The predicted molar refractivity (Wildman–Crippen MR) is 93.6 cm³/mol. The van der Waals surface area contributed by atoms with Crippen molar-refractivity contribution in [1.82, 2.24) is 9.29 Å². The van der Waals surface area contributed by atoms with Gasteiger partial charge in [0.25, 0.3) is 0 Å². The molecule has 0 atom stereocenters. The van der Waals surface area contributed by atoms with Crippen LogP contribution in [0, 0.1) is 0 Å². The number of hydrogen-bond donors (Lipinski definition) is 1. The highest BCUT2D eigenvalue weighted by atomic mass is 35.5. The van der Waals surface area contributed by atoms with E-state index in [1.165, 1.54) is 22.5 Å². The van der Waals surface area contributed by atoms with Crippen molar-refractivity contribution in [2.24, 2.45) is 0 Å². The zero-order chi connectivity index (χ0) is 18.0. The molecule has 132 valence electrons. The van der Waals surface area contributed by atoms with Crippen LogP contribution in [0.15, 0.2) is 47.4 Å². The Bertz CT molecular complexity index is 879. The van der Waals surface area contributed by atoms with Gasteiger partial charge in [-0.1, -0.05) is 17.7 Å². The molecule has 2 aromatic rings. The first-order valence-electron chi connectivity index (χ1n) is 7.59. The summed E-state index contributed by atoms with van der Waals surface area (Å²) in [5.74, 6) is -0.561. The fourth-order valence-electron chi connectivity index (χ4n) is 2.63. The second-order valence-corrected chi connectivity index (χ2v) is 7.91. The van der Waals surface area contributed by atoms with Gasteiger partial charge in [0.2, 0.25) is 10.0 Å². The molecule has 1 fully saturated rings. The summed E-state index contributed by atoms with van der Waals surface area (Å²) < 4.78 is 26.7. The van der Waals surface area contributed by atoms with Crippen molar-refractivity contribution in [3.8, 4) is 0 Å². The van der Waals surface area contributed by atoms with Gasteiger partial charge in [0.15, 0.2) is 5.69 Å². The van der Waals surface area contributed by atoms with Crippen LogP contribution in [0.2, 0.25) is 5.02 Å². The summed E-state index contributed by atoms with van der Waals surface area (Å²) in [5.41, 5.74) is -0.0336. The molecule has 1 aliphatic rings. The van der Waals surface area contributed by atoms with Gasteiger partial charge in [0, 0.05) is 31.2 Å². The number of hydrogen-bond acceptors (Lipinski definition) is 5. The van der Waals surface area contributed by atoms with Gasteiger partial charge in [-0.2, -0.15) is 4.31 Å². The topological polar surface area (TPSA) is 90.8 Å². The fraction of sp³-hybridized carbons (Fsp3) is 0.250. The first-order valence-corrected chi connectivity index (χ1v) is 9.41. The molecule has 3 rings (SSSR count). The van der Waals surface area contributed by atoms with Gasteiger partial charge in [-0.25, -0.2) is 18.2 Å². The number of aromatic nitrogens is 1. The van der Waals surface area contributed by atoms with Crippen molar-refractivity contribution in [2.45, 2.75) is 4.90 Å². The van der Waals surface area contributed by atoms with Gasteiger partial charge in [0.1, 0.15) is 5.82 Å². The minimum Gasteiger partial charge on any atom is -0.477 e. The second-order valence-electron chi connectivity index (χ2n) is 5.53. The van der Waals surface area contributed by atoms with Crippen LogP contribution in [0.5, 0.6) is 0 Å². The lowest BCUT2D eigenvalue weighted by atomic mass is 10.3. The Morgan fingerprint density at radius 3 is 2.28 bits per heavy atom. The average Bonchev–Trinajstić information content (AvgIpc) is 2.62. The lowest BCUT2D eigenvalue weighted by Gasteiger charge is -2.34. The number of pyridine rings is 1. The lowest BCUT2D eigenvalue weighted by Crippen LogP contribution is -2.49. The van der Waals surface area contributed by atoms with Crippen molar-refractivity contribution in [3.63, 3.8) is 0 Å². The summed E-state index contributed by atoms with van der Waals surface area (Å²) in [6, 6.07) is 10.8. The normalized spacial score (nSPS) is 16.0. The molecule has 0 spiro atoms. The number of sulfonamides is 1. The van der Waals surface area contributed by atoms with E-state index in [4.69, 9.17) is 16.7 Å². The Labute approximate surface area is 150 Å². The summed E-state index contributed by atoms with van der Waals surface area (Å²) in [7, 11) is -3.57. The standard InChI is InChI=1S/C16H16ClN3O4S/c17-12-4-6-13(7-5-12)25(23,24)20-10-8-19(9-11-20)15-3-1-2-14(18-15)16(21)22/h1-7H,8-11H2,(H,21,22). The SMILES string of the molecule is O=C(O)c1cccc(N2CCN(S(=O)(=O)c3ccc(Cl)cc3)CC2)n1. The molecule has 2 heterocycles. The molecule has 1 aromatic heterocycles. The van der Waals surface area contributed by atoms with Crippen LogP contribution in [0.3, 0.4) is 0 Å². The molecular weight excluding hydrogens is 366 g/mol. The molecule has 0 saturated carbocycles. The Balaban J connectivity index is 1.72. The van der Waals surface area contributed by atoms with Crippen LogP contribution >= 0.6 is 11.6 Å². The van der Waals surface area contributed by atoms with Crippen molar-refractivity contribution in [3.05, 3.63) is 53.2 Å². The summed E-state index contributed by atoms with van der Waals surface area (Å²) in [4.78, 5) is 17.2. The van der Waals surface area contributed by atoms with E-state index >= 15 is 0 Å². The minimum absolute atomic E-state index is 0.0336. The zero-order valence-corrected chi connectivity index (χ0v) is 14.7. The predicted octanol–water partition coefficient (Wildman–Crippen LogP) is 1.94. The molecule has 25 heavy (non-hydrogen) atoms. The van der Waals surface area contributed by atoms with E-state index in [9.17, 15) is 13.2 Å². The maximum atomic E-state index is 12.7. The number of carboxylic acids is 1. The summed E-state index contributed by atoms with van der Waals surface area (Å²) in [6.45, 7) is 1.46. The highest BCUT2D eigenvalue weighted by Crippen LogP contribution is 2.21. The number of rotatable bonds is 4.